The van der Waals surface area contributed by atoms with Crippen molar-refractivity contribution >= 4 is 178 Å². The molecule has 19 heteroatoms. The predicted octanol–water partition coefficient (Wildman–Crippen LogP) is 31.1. The quantitative estimate of drug-likeness (QED) is 0.0286. The largest absolute Gasteiger partial charge is 0.292 e. The van der Waals surface area contributed by atoms with E-state index in [4.69, 9.17) is 31.9 Å². The number of aromatic nitrogens is 4. The van der Waals surface area contributed by atoms with Crippen LogP contribution in [0.15, 0.2) is 479 Å². The minimum absolute atomic E-state index is 0. The average Bonchev–Trinajstić information content (AvgIpc) is 0.924. The predicted molar refractivity (Wildman–Crippen MR) is 604 cm³/mol. The third kappa shape index (κ3) is 20.4. The van der Waals surface area contributed by atoms with Crippen molar-refractivity contribution in [1.29, 1.82) is 0 Å². The van der Waals surface area contributed by atoms with Gasteiger partial charge < -0.3 is 10.4 Å². The van der Waals surface area contributed by atoms with Gasteiger partial charge >= 0.3 is 62.1 Å². The molecule has 146 heavy (non-hydrogen) atoms. The van der Waals surface area contributed by atoms with Crippen LogP contribution in [0.1, 0.15) is 35.1 Å². The van der Waals surface area contributed by atoms with Crippen molar-refractivity contribution in [3.63, 3.8) is 0 Å². The molecule has 0 atom stereocenters. The van der Waals surface area contributed by atoms with Gasteiger partial charge in [-0.25, -0.2) is 9.97 Å². The van der Waals surface area contributed by atoms with Crippen LogP contribution in [-0.4, -0.2) is 109 Å². The summed E-state index contributed by atoms with van der Waals surface area (Å²) >= 11 is 2.89. The van der Waals surface area contributed by atoms with Crippen LogP contribution in [0.3, 0.4) is 0 Å². The van der Waals surface area contributed by atoms with Gasteiger partial charge in [0.05, 0.1) is 27.0 Å². The van der Waals surface area contributed by atoms with Crippen molar-refractivity contribution in [3.05, 3.63) is 500 Å². The van der Waals surface area contributed by atoms with E-state index >= 15 is 0 Å². The third-order valence-electron chi connectivity index (χ3n) is 25.5. The molecule has 2 N–H and O–H groups in total. The molecule has 0 aliphatic rings. The van der Waals surface area contributed by atoms with Crippen LogP contribution in [0, 0.1) is 10.1 Å². The van der Waals surface area contributed by atoms with E-state index in [1.165, 1.54) is 82.7 Å². The number of fused-ring (bicyclic) bond motifs is 14. The summed E-state index contributed by atoms with van der Waals surface area (Å²) in [6.45, 7) is 1.93. The van der Waals surface area contributed by atoms with Gasteiger partial charge in [-0.2, -0.15) is 16.8 Å². The number of rotatable bonds is 17. The number of hydrogen-bond acceptors (Lipinski definition) is 12. The zero-order chi connectivity index (χ0) is 99.8. The number of nitro benzene ring substituents is 1. The third-order valence-corrected chi connectivity index (χ3v) is 26.4. The molecule has 2 heterocycles. The molecule has 22 aromatic carbocycles. The van der Waals surface area contributed by atoms with E-state index in [0.29, 0.717) is 16.8 Å². The second-order valence-corrected chi connectivity index (χ2v) is 36.4. The summed E-state index contributed by atoms with van der Waals surface area (Å²) in [7, 11) is -5.90. The van der Waals surface area contributed by atoms with E-state index in [9.17, 15) is 19.7 Å². The summed E-state index contributed by atoms with van der Waals surface area (Å²) in [6, 6.07) is 166. The molecule has 24 rings (SSSR count). The first-order valence-corrected chi connectivity index (χ1v) is 58.3. The smallest absolute Gasteiger partial charge is 0.145 e. The van der Waals surface area contributed by atoms with Crippen LogP contribution < -0.4 is 5.32 Å². The van der Waals surface area contributed by atoms with Crippen LogP contribution in [0.4, 0.5) is 17.1 Å². The Morgan fingerprint density at radius 2 is 0.541 bits per heavy atom. The van der Waals surface area contributed by atoms with E-state index < -0.39 is 23.5 Å². The Morgan fingerprint density at radius 3 is 0.822 bits per heavy atom. The molecule has 2 aromatic heterocycles. The Bertz CT molecular complexity index is 8720. The summed E-state index contributed by atoms with van der Waals surface area (Å²) in [5, 5.41) is 34.5. The number of nitrogens with one attached hydrogen (secondary N) is 1. The number of para-hydroxylation sites is 9. The van der Waals surface area contributed by atoms with Gasteiger partial charge in [0.1, 0.15) is 29.9 Å². The monoisotopic (exact) mass is 1950 g/mol. The number of benzene rings is 22. The zero-order valence-corrected chi connectivity index (χ0v) is 84.9. The number of aldehydes is 2. The first-order chi connectivity index (χ1) is 71.4. The number of imidazole rings is 2. The van der Waals surface area contributed by atoms with E-state index in [-0.39, 0.29) is 19.7 Å². The molecule has 0 saturated heterocycles. The maximum atomic E-state index is 12.3. The number of carbonyl (C=O) groups is 2. The SMILES string of the molecule is C.CCO.O=Cc1ccc2c3ccc(C=O)cc3c3c(-c4ccccc4)c(-c4ccccc4)c(-c4ccccc4)c(-c4ccccc4)c3c2c1.O=S(=O)=S(=O)=O.O=[N+]([O-])c1ccccc1Nc1ccccc1.[Na][Na].c1ccc(-c2c(-c3ccccc3)c(-c3ccccc3)c3c4cc(-c5nc6ccccc6n5-c5ccccc5)ccc4c4ccc(-c5nc6ccccc6n5-c5ccccc5)cc4c3c2-c2ccccc2)cc1. The maximum absolute atomic E-state index is 12.3. The second kappa shape index (κ2) is 46.2. The molecular formula is C127H92N6Na2O9S2. The van der Waals surface area contributed by atoms with Crippen molar-refractivity contribution in [2.24, 2.45) is 0 Å². The molecule has 0 spiro atoms. The van der Waals surface area contributed by atoms with Gasteiger partial charge in [-0.05, 0) is 252 Å². The molecular weight excluding hydrogens is 1860 g/mol. The Kier molecular flexibility index (Phi) is 31.6. The van der Waals surface area contributed by atoms with Crippen LogP contribution in [-0.2, 0) is 18.5 Å². The summed E-state index contributed by atoms with van der Waals surface area (Å²) in [4.78, 5) is 45.8. The average molecular weight is 1960 g/mol. The standard InChI is InChI=1S/C68H44N4.C44H28O2.C12H10N2O2.C2H6O.CH4.2Na.O4S2/c1-7-23-45(24-8-1)61-62(46-25-9-2-10-26-46)64(48-29-13-4-14-30-48)66-56-44-50(68-70-58-36-20-22-38-60(58)72(68)52-33-17-6-18-34-52)40-42-54(56)53-41-39-49(43-55(53)65(66)63(61)47-27-11-3-12-28-47)67-69-57-35-19-21-37-59(57)71(67)51-31-15-5-16-32-51;45-27-29-21-23-35-36-24-22-30(28-46)26-38(36)44-42(34-19-11-4-12-20-34)40(32-15-7-2-8-16-32)39(31-13-5-1-6-14-31)41(43(44)37(35)25-29)33-17-9-3-10-18-33;15-14(16)12-9-5-4-8-11(12)13-10-6-2-1-3-7-10;1-2-3;;;;1-5(2)6(3)4/h1-44H;1-28H;1-9,13H;3H,2H2,1H3;1H4;;;. The first kappa shape index (κ1) is 99.6. The number of aliphatic hydroxyl groups excluding tert-OH is 1. The van der Waals surface area contributed by atoms with Gasteiger partial charge in [-0.15, -0.1) is 0 Å². The minimum atomic E-state index is -2.95. The van der Waals surface area contributed by atoms with Gasteiger partial charge in [-0.3, -0.25) is 28.8 Å². The molecule has 698 valence electrons. The zero-order valence-electron chi connectivity index (χ0n) is 79.2. The number of aliphatic hydroxyl groups is 1. The van der Waals surface area contributed by atoms with Gasteiger partial charge in [-0.1, -0.05) is 390 Å². The van der Waals surface area contributed by atoms with Gasteiger partial charge in [0, 0.05) is 52.0 Å². The van der Waals surface area contributed by atoms with E-state index in [2.05, 4.69) is 378 Å². The van der Waals surface area contributed by atoms with Crippen molar-refractivity contribution in [1.82, 2.24) is 19.1 Å². The Morgan fingerprint density at radius 1 is 0.301 bits per heavy atom. The van der Waals surface area contributed by atoms with Crippen LogP contribution in [0.25, 0.3) is 210 Å². The van der Waals surface area contributed by atoms with Gasteiger partial charge in [0.15, 0.2) is 0 Å². The molecule has 0 fully saturated rings. The molecule has 0 bridgehead atoms. The number of carbonyl (C=O) groups excluding carboxylic acids is 2. The van der Waals surface area contributed by atoms with Gasteiger partial charge in [0.25, 0.3) is 5.69 Å². The number of nitro groups is 1. The maximum Gasteiger partial charge on any atom is 0.145 e. The number of nitrogens with zero attached hydrogens (tertiary/aromatic N) is 5. The summed E-state index contributed by atoms with van der Waals surface area (Å²) < 4.78 is 41.0. The summed E-state index contributed by atoms with van der Waals surface area (Å²) in [5.74, 6) is 1.78. The molecule has 0 aliphatic heterocycles. The van der Waals surface area contributed by atoms with E-state index in [0.717, 1.165) is 195 Å². The normalized spacial score (nSPS) is 10.8. The van der Waals surface area contributed by atoms with Gasteiger partial charge in [0.2, 0.25) is 0 Å². The van der Waals surface area contributed by atoms with E-state index in [1.807, 2.05) is 91.0 Å². The van der Waals surface area contributed by atoms with Crippen molar-refractivity contribution in [2.45, 2.75) is 14.4 Å². The van der Waals surface area contributed by atoms with Crippen molar-refractivity contribution in [3.8, 4) is 123 Å². The minimum Gasteiger partial charge on any atom is -0.292 e. The van der Waals surface area contributed by atoms with Crippen LogP contribution in [0.2, 0.25) is 0 Å². The Balaban J connectivity index is 0.000000160. The molecule has 0 radical (unpaired) electrons. The molecule has 0 saturated carbocycles. The summed E-state index contributed by atoms with van der Waals surface area (Å²) in [5.41, 5.74) is 28.9. The van der Waals surface area contributed by atoms with E-state index in [1.54, 1.807) is 25.1 Å². The second-order valence-electron chi connectivity index (χ2n) is 34.0. The molecule has 0 amide bonds. The molecule has 24 aromatic rings. The number of anilines is 2. The Labute approximate surface area is 875 Å². The fraction of sp³-hybridized carbons (Fsp3) is 0.0236. The summed E-state index contributed by atoms with van der Waals surface area (Å²) in [6.07, 6.45) is 1.84. The Hall–Kier alpha value is -16.5. The molecule has 0 unspecified atom stereocenters. The van der Waals surface area contributed by atoms with Crippen LogP contribution >= 0.6 is 0 Å². The number of hydrogen-bond donors (Lipinski definition) is 2. The van der Waals surface area contributed by atoms with Crippen molar-refractivity contribution < 1.29 is 36.5 Å². The van der Waals surface area contributed by atoms with Crippen molar-refractivity contribution in [2.75, 3.05) is 11.9 Å². The van der Waals surface area contributed by atoms with Crippen LogP contribution in [0.5, 0.6) is 0 Å². The molecule has 15 nitrogen and oxygen atoms in total. The fourth-order valence-electron chi connectivity index (χ4n) is 19.7. The molecule has 0 aliphatic carbocycles. The topological polar surface area (TPSA) is 213 Å². The fourth-order valence-corrected chi connectivity index (χ4v) is 19.7. The first-order valence-electron chi connectivity index (χ1n) is 47.7.